The molecular formula is C17H10Cl2F2N2O2S. The van der Waals surface area contributed by atoms with Gasteiger partial charge in [0.25, 0.3) is 5.56 Å². The summed E-state index contributed by atoms with van der Waals surface area (Å²) in [6.07, 6.45) is 0.685. The molecule has 0 atom stereocenters. The molecule has 2 heterocycles. The molecule has 26 heavy (non-hydrogen) atoms. The minimum absolute atomic E-state index is 0.0204. The van der Waals surface area contributed by atoms with Crippen molar-refractivity contribution < 1.29 is 8.78 Å². The van der Waals surface area contributed by atoms with Gasteiger partial charge in [0, 0.05) is 28.6 Å². The minimum Gasteiger partial charge on any atom is -0.292 e. The topological polar surface area (TPSA) is 54.9 Å². The molecule has 0 spiro atoms. The zero-order chi connectivity index (χ0) is 18.6. The highest BCUT2D eigenvalue weighted by atomic mass is 35.5. The van der Waals surface area contributed by atoms with E-state index in [4.69, 9.17) is 23.2 Å². The Kier molecular flexibility index (Phi) is 4.33. The van der Waals surface area contributed by atoms with Crippen molar-refractivity contribution in [2.75, 3.05) is 5.75 Å². The Balaban J connectivity index is 2.20. The van der Waals surface area contributed by atoms with Gasteiger partial charge >= 0.3 is 5.69 Å². The minimum atomic E-state index is -0.878. The Labute approximate surface area is 159 Å². The van der Waals surface area contributed by atoms with E-state index in [1.54, 1.807) is 0 Å². The fraction of sp³-hybridized carbons (Fsp3) is 0.176. The second-order valence-electron chi connectivity index (χ2n) is 5.82. The molecule has 0 amide bonds. The van der Waals surface area contributed by atoms with Crippen LogP contribution in [0.25, 0.3) is 22.0 Å². The van der Waals surface area contributed by atoms with Crippen molar-refractivity contribution in [1.82, 2.24) is 9.55 Å². The van der Waals surface area contributed by atoms with E-state index in [1.807, 2.05) is 0 Å². The summed E-state index contributed by atoms with van der Waals surface area (Å²) < 4.78 is 29.5. The van der Waals surface area contributed by atoms with Crippen molar-refractivity contribution in [2.24, 2.45) is 0 Å². The number of aromatic nitrogens is 2. The first-order chi connectivity index (χ1) is 12.4. The summed E-state index contributed by atoms with van der Waals surface area (Å²) in [5.41, 5.74) is -0.370. The molecule has 0 aliphatic carbocycles. The van der Waals surface area contributed by atoms with Crippen molar-refractivity contribution in [3.05, 3.63) is 60.7 Å². The Morgan fingerprint density at radius 3 is 2.62 bits per heavy atom. The summed E-state index contributed by atoms with van der Waals surface area (Å²) in [6, 6.07) is 3.25. The molecule has 1 aliphatic heterocycles. The average Bonchev–Trinajstić information content (AvgIpc) is 2.80. The zero-order valence-corrected chi connectivity index (χ0v) is 15.4. The third-order valence-corrected chi connectivity index (χ3v) is 6.01. The number of H-pyrrole nitrogens is 1. The van der Waals surface area contributed by atoms with Gasteiger partial charge in [0.1, 0.15) is 11.6 Å². The molecule has 0 saturated carbocycles. The molecule has 1 N–H and O–H groups in total. The Morgan fingerprint density at radius 1 is 1.08 bits per heavy atom. The van der Waals surface area contributed by atoms with Gasteiger partial charge < -0.3 is 0 Å². The maximum atomic E-state index is 14.5. The SMILES string of the molecule is O=c1[nH]c(=O)n2c3c(c(-c4cc(Cl)c(F)cc4F)c(Cl)cc13)SCCC2. The predicted molar refractivity (Wildman–Crippen MR) is 99.5 cm³/mol. The quantitative estimate of drug-likeness (QED) is 0.598. The Bertz CT molecular complexity index is 1190. The van der Waals surface area contributed by atoms with Crippen molar-refractivity contribution >= 4 is 45.9 Å². The van der Waals surface area contributed by atoms with Crippen LogP contribution in [-0.4, -0.2) is 15.3 Å². The number of rotatable bonds is 1. The van der Waals surface area contributed by atoms with Crippen LogP contribution in [0.4, 0.5) is 8.78 Å². The van der Waals surface area contributed by atoms with Gasteiger partial charge in [-0.1, -0.05) is 23.2 Å². The normalized spacial score (nSPS) is 13.8. The fourth-order valence-corrected chi connectivity index (χ4v) is 4.83. The lowest BCUT2D eigenvalue weighted by molar-refractivity contribution is 0.585. The second kappa shape index (κ2) is 6.40. The first-order valence-electron chi connectivity index (χ1n) is 7.65. The van der Waals surface area contributed by atoms with E-state index in [-0.39, 0.29) is 21.0 Å². The molecule has 0 fully saturated rings. The molecule has 1 aliphatic rings. The fourth-order valence-electron chi connectivity index (χ4n) is 3.11. The van der Waals surface area contributed by atoms with Crippen LogP contribution in [0.15, 0.2) is 32.7 Å². The number of aryl methyl sites for hydroxylation is 1. The highest BCUT2D eigenvalue weighted by molar-refractivity contribution is 7.99. The highest BCUT2D eigenvalue weighted by Crippen LogP contribution is 2.44. The smallest absolute Gasteiger partial charge is 0.292 e. The summed E-state index contributed by atoms with van der Waals surface area (Å²) in [6.45, 7) is 0.417. The van der Waals surface area contributed by atoms with Crippen LogP contribution < -0.4 is 11.2 Å². The Hall–Kier alpha value is -1.83. The van der Waals surface area contributed by atoms with Crippen LogP contribution in [0.3, 0.4) is 0 Å². The molecule has 0 bridgehead atoms. The number of hydrogen-bond donors (Lipinski definition) is 1. The van der Waals surface area contributed by atoms with Gasteiger partial charge in [0.2, 0.25) is 0 Å². The summed E-state index contributed by atoms with van der Waals surface area (Å²) in [5, 5.41) is 0.127. The maximum absolute atomic E-state index is 14.5. The number of nitrogens with one attached hydrogen (secondary N) is 1. The second-order valence-corrected chi connectivity index (χ2v) is 7.74. The van der Waals surface area contributed by atoms with Gasteiger partial charge in [0.05, 0.1) is 20.9 Å². The molecule has 4 nitrogen and oxygen atoms in total. The van der Waals surface area contributed by atoms with E-state index in [0.717, 1.165) is 6.07 Å². The van der Waals surface area contributed by atoms with Crippen molar-refractivity contribution in [1.29, 1.82) is 0 Å². The van der Waals surface area contributed by atoms with Gasteiger partial charge in [-0.25, -0.2) is 13.6 Å². The lowest BCUT2D eigenvalue weighted by Crippen LogP contribution is -2.30. The molecule has 2 aromatic carbocycles. The standard InChI is InChI=1S/C17H10Cl2F2N2O2S/c18-9-4-7(11(20)6-12(9)21)13-10(19)5-8-14-15(13)26-3-1-2-23(14)17(25)22-16(8)24/h4-6H,1-3H2,(H,22,24,25). The third-order valence-electron chi connectivity index (χ3n) is 4.24. The molecule has 134 valence electrons. The number of halogens is 4. The number of aromatic amines is 1. The van der Waals surface area contributed by atoms with Gasteiger partial charge in [0.15, 0.2) is 0 Å². The summed E-state index contributed by atoms with van der Waals surface area (Å²) >= 11 is 13.6. The molecule has 9 heteroatoms. The van der Waals surface area contributed by atoms with Crippen LogP contribution in [0.5, 0.6) is 0 Å². The summed E-state index contributed by atoms with van der Waals surface area (Å²) in [7, 11) is 0. The molecule has 4 rings (SSSR count). The van der Waals surface area contributed by atoms with E-state index in [0.29, 0.717) is 40.8 Å². The summed E-state index contributed by atoms with van der Waals surface area (Å²) in [4.78, 5) is 27.3. The van der Waals surface area contributed by atoms with Gasteiger partial charge in [-0.3, -0.25) is 14.3 Å². The predicted octanol–water partition coefficient (Wildman–Crippen LogP) is 4.44. The van der Waals surface area contributed by atoms with Crippen molar-refractivity contribution in [3.8, 4) is 11.1 Å². The third kappa shape index (κ3) is 2.66. The van der Waals surface area contributed by atoms with E-state index < -0.39 is 22.9 Å². The van der Waals surface area contributed by atoms with Crippen LogP contribution in [0.2, 0.25) is 10.0 Å². The lowest BCUT2D eigenvalue weighted by atomic mass is 10.0. The van der Waals surface area contributed by atoms with Crippen molar-refractivity contribution in [2.45, 2.75) is 17.9 Å². The van der Waals surface area contributed by atoms with Crippen LogP contribution in [0, 0.1) is 11.6 Å². The zero-order valence-electron chi connectivity index (χ0n) is 13.0. The molecular weight excluding hydrogens is 405 g/mol. The van der Waals surface area contributed by atoms with E-state index in [9.17, 15) is 18.4 Å². The number of thioether (sulfide) groups is 1. The molecule has 1 aromatic heterocycles. The molecule has 3 aromatic rings. The first kappa shape index (κ1) is 17.6. The van der Waals surface area contributed by atoms with E-state index >= 15 is 0 Å². The van der Waals surface area contributed by atoms with E-state index in [1.165, 1.54) is 22.4 Å². The number of nitrogens with zero attached hydrogens (tertiary/aromatic N) is 1. The monoisotopic (exact) mass is 414 g/mol. The van der Waals surface area contributed by atoms with Gasteiger partial charge in [-0.15, -0.1) is 11.8 Å². The number of benzene rings is 2. The lowest BCUT2D eigenvalue weighted by Gasteiger charge is -2.16. The number of hydrogen-bond acceptors (Lipinski definition) is 3. The Morgan fingerprint density at radius 2 is 1.85 bits per heavy atom. The highest BCUT2D eigenvalue weighted by Gasteiger charge is 2.24. The maximum Gasteiger partial charge on any atom is 0.328 e. The van der Waals surface area contributed by atoms with Gasteiger partial charge in [-0.2, -0.15) is 0 Å². The molecule has 0 unspecified atom stereocenters. The van der Waals surface area contributed by atoms with Crippen LogP contribution >= 0.6 is 35.0 Å². The largest absolute Gasteiger partial charge is 0.328 e. The van der Waals surface area contributed by atoms with Crippen molar-refractivity contribution in [3.63, 3.8) is 0 Å². The molecule has 0 saturated heterocycles. The van der Waals surface area contributed by atoms with Crippen LogP contribution in [-0.2, 0) is 6.54 Å². The van der Waals surface area contributed by atoms with Crippen LogP contribution in [0.1, 0.15) is 6.42 Å². The van der Waals surface area contributed by atoms with E-state index in [2.05, 4.69) is 4.98 Å². The van der Waals surface area contributed by atoms with Gasteiger partial charge in [-0.05, 0) is 24.3 Å². The summed E-state index contributed by atoms with van der Waals surface area (Å²) in [5.74, 6) is -1.06. The average molecular weight is 415 g/mol. The first-order valence-corrected chi connectivity index (χ1v) is 9.39. The molecule has 0 radical (unpaired) electrons.